The summed E-state index contributed by atoms with van der Waals surface area (Å²) in [5.41, 5.74) is 5.10. The Morgan fingerprint density at radius 3 is 2.43 bits per heavy atom. The molecule has 3 aromatic carbocycles. The van der Waals surface area contributed by atoms with Crippen LogP contribution in [0.4, 0.5) is 0 Å². The lowest BCUT2D eigenvalue weighted by atomic mass is 9.78. The third-order valence-corrected chi connectivity index (χ3v) is 5.78. The largest absolute Gasteiger partial charge is 0.322 e. The van der Waals surface area contributed by atoms with Gasteiger partial charge in [-0.15, -0.1) is 0 Å². The first kappa shape index (κ1) is 19.7. The summed E-state index contributed by atoms with van der Waals surface area (Å²) in [4.78, 5) is 15.2. The summed E-state index contributed by atoms with van der Waals surface area (Å²) in [5.74, 6) is 0. The van der Waals surface area contributed by atoms with Gasteiger partial charge in [0.25, 0.3) is 5.56 Å². The lowest BCUT2D eigenvalue weighted by Gasteiger charge is -2.23. The first-order valence-corrected chi connectivity index (χ1v) is 10.2. The number of aromatic amines is 1. The van der Waals surface area contributed by atoms with E-state index in [1.807, 2.05) is 62.4 Å². The Morgan fingerprint density at radius 2 is 1.70 bits per heavy atom. The maximum Gasteiger partial charge on any atom is 0.251 e. The highest BCUT2D eigenvalue weighted by Crippen LogP contribution is 2.31. The second kappa shape index (κ2) is 8.00. The molecule has 0 amide bonds. The predicted octanol–water partition coefficient (Wildman–Crippen LogP) is 5.78. The maximum atomic E-state index is 12.2. The van der Waals surface area contributed by atoms with E-state index in [0.717, 1.165) is 38.7 Å². The molecule has 0 radical (unpaired) electrons. The summed E-state index contributed by atoms with van der Waals surface area (Å²) in [5, 5.41) is 11.1. The number of benzene rings is 3. The standard InChI is InChI=1S/C27H24N2O/c1-3-20-15-23-12-13-24(16-25(23)29-26(20)30)27(2,18-28)17-19-8-7-11-22(14-19)21-9-5-4-6-10-21/h4-16H,3,17H2,1-2H3,(H,29,30). The average molecular weight is 393 g/mol. The van der Waals surface area contributed by atoms with E-state index in [1.165, 1.54) is 0 Å². The van der Waals surface area contributed by atoms with Crippen molar-refractivity contribution in [1.82, 2.24) is 4.98 Å². The van der Waals surface area contributed by atoms with Crippen LogP contribution in [0.2, 0.25) is 0 Å². The summed E-state index contributed by atoms with van der Waals surface area (Å²) in [7, 11) is 0. The number of pyridine rings is 1. The van der Waals surface area contributed by atoms with E-state index in [4.69, 9.17) is 0 Å². The first-order chi connectivity index (χ1) is 14.5. The molecule has 3 nitrogen and oxygen atoms in total. The van der Waals surface area contributed by atoms with Gasteiger partial charge in [-0.25, -0.2) is 0 Å². The summed E-state index contributed by atoms with van der Waals surface area (Å²) in [6.07, 6.45) is 1.29. The molecule has 1 N–H and O–H groups in total. The van der Waals surface area contributed by atoms with Crippen LogP contribution in [0.5, 0.6) is 0 Å². The van der Waals surface area contributed by atoms with Gasteiger partial charge < -0.3 is 4.98 Å². The molecule has 0 spiro atoms. The number of hydrogen-bond acceptors (Lipinski definition) is 2. The van der Waals surface area contributed by atoms with E-state index in [0.29, 0.717) is 12.8 Å². The van der Waals surface area contributed by atoms with Crippen LogP contribution in [0.25, 0.3) is 22.0 Å². The zero-order valence-corrected chi connectivity index (χ0v) is 17.3. The van der Waals surface area contributed by atoms with Crippen molar-refractivity contribution >= 4 is 10.9 Å². The van der Waals surface area contributed by atoms with E-state index in [-0.39, 0.29) is 5.56 Å². The van der Waals surface area contributed by atoms with Gasteiger partial charge in [0.2, 0.25) is 0 Å². The molecule has 30 heavy (non-hydrogen) atoms. The van der Waals surface area contributed by atoms with Crippen LogP contribution in [0.1, 0.15) is 30.5 Å². The summed E-state index contributed by atoms with van der Waals surface area (Å²) in [6, 6.07) is 29.0. The number of nitrogens with zero attached hydrogens (tertiary/aromatic N) is 1. The molecular formula is C27H24N2O. The van der Waals surface area contributed by atoms with Crippen molar-refractivity contribution in [2.24, 2.45) is 0 Å². The zero-order valence-electron chi connectivity index (χ0n) is 17.3. The molecule has 0 bridgehead atoms. The fraction of sp³-hybridized carbons (Fsp3) is 0.185. The van der Waals surface area contributed by atoms with Crippen molar-refractivity contribution in [1.29, 1.82) is 5.26 Å². The fourth-order valence-electron chi connectivity index (χ4n) is 3.96. The number of H-pyrrole nitrogens is 1. The zero-order chi connectivity index (χ0) is 21.1. The molecule has 1 atom stereocenters. The van der Waals surface area contributed by atoms with Crippen molar-refractivity contribution in [3.05, 3.63) is 106 Å². The van der Waals surface area contributed by atoms with Crippen molar-refractivity contribution in [3.8, 4) is 17.2 Å². The second-order valence-corrected chi connectivity index (χ2v) is 7.97. The Kier molecular flexibility index (Phi) is 5.25. The van der Waals surface area contributed by atoms with Crippen molar-refractivity contribution in [2.45, 2.75) is 32.1 Å². The van der Waals surface area contributed by atoms with Crippen LogP contribution < -0.4 is 5.56 Å². The molecule has 4 aromatic rings. The minimum absolute atomic E-state index is 0.0589. The van der Waals surface area contributed by atoms with Gasteiger partial charge in [-0.05, 0) is 59.5 Å². The van der Waals surface area contributed by atoms with Gasteiger partial charge in [-0.2, -0.15) is 5.26 Å². The van der Waals surface area contributed by atoms with Crippen molar-refractivity contribution in [3.63, 3.8) is 0 Å². The smallest absolute Gasteiger partial charge is 0.251 e. The number of hydrogen-bond donors (Lipinski definition) is 1. The van der Waals surface area contributed by atoms with E-state index in [1.54, 1.807) is 0 Å². The Hall–Kier alpha value is -3.64. The van der Waals surface area contributed by atoms with E-state index < -0.39 is 5.41 Å². The molecule has 1 heterocycles. The highest BCUT2D eigenvalue weighted by atomic mass is 16.1. The van der Waals surface area contributed by atoms with Gasteiger partial charge >= 0.3 is 0 Å². The topological polar surface area (TPSA) is 56.6 Å². The lowest BCUT2D eigenvalue weighted by molar-refractivity contribution is 0.607. The minimum atomic E-state index is -0.705. The van der Waals surface area contributed by atoms with Gasteiger partial charge in [0, 0.05) is 11.1 Å². The Bertz CT molecular complexity index is 1300. The number of rotatable bonds is 5. The molecule has 1 aromatic heterocycles. The number of aryl methyl sites for hydroxylation is 1. The summed E-state index contributed by atoms with van der Waals surface area (Å²) in [6.45, 7) is 3.93. The molecule has 148 valence electrons. The van der Waals surface area contributed by atoms with Crippen LogP contribution in [-0.2, 0) is 18.3 Å². The molecule has 3 heteroatoms. The SMILES string of the molecule is CCc1cc2ccc(C(C)(C#N)Cc3cccc(-c4ccccc4)c3)cc2[nH]c1=O. The van der Waals surface area contributed by atoms with E-state index >= 15 is 0 Å². The summed E-state index contributed by atoms with van der Waals surface area (Å²) >= 11 is 0. The van der Waals surface area contributed by atoms with Gasteiger partial charge in [0.05, 0.1) is 11.5 Å². The van der Waals surface area contributed by atoms with E-state index in [9.17, 15) is 10.1 Å². The normalized spacial score (nSPS) is 13.0. The minimum Gasteiger partial charge on any atom is -0.322 e. The monoisotopic (exact) mass is 392 g/mol. The Balaban J connectivity index is 1.71. The quantitative estimate of drug-likeness (QED) is 0.468. The van der Waals surface area contributed by atoms with Crippen LogP contribution in [0.3, 0.4) is 0 Å². The van der Waals surface area contributed by atoms with Crippen molar-refractivity contribution in [2.75, 3.05) is 0 Å². The average Bonchev–Trinajstić information content (AvgIpc) is 2.79. The molecule has 0 aliphatic heterocycles. The van der Waals surface area contributed by atoms with E-state index in [2.05, 4.69) is 41.4 Å². The lowest BCUT2D eigenvalue weighted by Crippen LogP contribution is -2.23. The number of nitriles is 1. The van der Waals surface area contributed by atoms with Crippen LogP contribution in [0.15, 0.2) is 83.7 Å². The van der Waals surface area contributed by atoms with Crippen molar-refractivity contribution < 1.29 is 0 Å². The van der Waals surface area contributed by atoms with Gasteiger partial charge in [-0.3, -0.25) is 4.79 Å². The third kappa shape index (κ3) is 3.77. The molecule has 0 saturated carbocycles. The highest BCUT2D eigenvalue weighted by Gasteiger charge is 2.27. The highest BCUT2D eigenvalue weighted by molar-refractivity contribution is 5.80. The molecule has 0 fully saturated rings. The van der Waals surface area contributed by atoms with Crippen LogP contribution >= 0.6 is 0 Å². The van der Waals surface area contributed by atoms with Gasteiger partial charge in [0.15, 0.2) is 0 Å². The van der Waals surface area contributed by atoms with Crippen LogP contribution in [-0.4, -0.2) is 4.98 Å². The predicted molar refractivity (Wildman–Crippen MR) is 122 cm³/mol. The second-order valence-electron chi connectivity index (χ2n) is 7.97. The number of nitrogens with one attached hydrogen (secondary N) is 1. The molecule has 1 unspecified atom stereocenters. The third-order valence-electron chi connectivity index (χ3n) is 5.78. The molecule has 0 aliphatic rings. The van der Waals surface area contributed by atoms with Gasteiger partial charge in [-0.1, -0.05) is 73.7 Å². The Morgan fingerprint density at radius 1 is 0.933 bits per heavy atom. The molecule has 0 aliphatic carbocycles. The molecule has 0 saturated heterocycles. The number of fused-ring (bicyclic) bond motifs is 1. The van der Waals surface area contributed by atoms with Gasteiger partial charge in [0.1, 0.15) is 0 Å². The van der Waals surface area contributed by atoms with Crippen LogP contribution in [0, 0.1) is 11.3 Å². The Labute approximate surface area is 176 Å². The molecular weight excluding hydrogens is 368 g/mol. The first-order valence-electron chi connectivity index (χ1n) is 10.2. The fourth-order valence-corrected chi connectivity index (χ4v) is 3.96. The maximum absolute atomic E-state index is 12.2. The summed E-state index contributed by atoms with van der Waals surface area (Å²) < 4.78 is 0. The molecule has 4 rings (SSSR count). The number of aromatic nitrogens is 1.